The number of rotatable bonds is 4. The van der Waals surface area contributed by atoms with Crippen molar-refractivity contribution in [3.8, 4) is 0 Å². The average Bonchev–Trinajstić information content (AvgIpc) is 2.03. The molecule has 0 aliphatic rings. The van der Waals surface area contributed by atoms with Crippen molar-refractivity contribution >= 4 is 11.9 Å². The van der Waals surface area contributed by atoms with Crippen molar-refractivity contribution in [3.05, 3.63) is 23.8 Å². The SMILES string of the molecule is O=C=C=CCCOC=C=C=O. The van der Waals surface area contributed by atoms with Gasteiger partial charge in [0.25, 0.3) is 0 Å². The Morgan fingerprint density at radius 3 is 2.55 bits per heavy atom. The van der Waals surface area contributed by atoms with Gasteiger partial charge in [0.2, 0.25) is 0 Å². The van der Waals surface area contributed by atoms with Gasteiger partial charge >= 0.3 is 0 Å². The molecule has 0 radical (unpaired) electrons. The summed E-state index contributed by atoms with van der Waals surface area (Å²) >= 11 is 0. The highest BCUT2D eigenvalue weighted by molar-refractivity contribution is 5.43. The van der Waals surface area contributed by atoms with Gasteiger partial charge in [-0.2, -0.15) is 0 Å². The molecule has 0 amide bonds. The lowest BCUT2D eigenvalue weighted by molar-refractivity contribution is 0.257. The number of carbonyl (C=O) groups excluding carboxylic acids is 2. The molecular formula is C8H6O3. The fraction of sp³-hybridized carbons (Fsp3) is 0.250. The van der Waals surface area contributed by atoms with E-state index in [0.29, 0.717) is 13.0 Å². The minimum atomic E-state index is 0.378. The molecule has 0 saturated carbocycles. The summed E-state index contributed by atoms with van der Waals surface area (Å²) in [7, 11) is 0. The second-order valence-electron chi connectivity index (χ2n) is 1.47. The maximum Gasteiger partial charge on any atom is 0.180 e. The van der Waals surface area contributed by atoms with Crippen LogP contribution in [0.3, 0.4) is 0 Å². The van der Waals surface area contributed by atoms with Crippen LogP contribution in [-0.4, -0.2) is 18.5 Å². The Kier molecular flexibility index (Phi) is 6.95. The van der Waals surface area contributed by atoms with Crippen molar-refractivity contribution in [2.45, 2.75) is 6.42 Å². The van der Waals surface area contributed by atoms with E-state index in [1.54, 1.807) is 0 Å². The molecule has 56 valence electrons. The minimum Gasteiger partial charge on any atom is -0.492 e. The topological polar surface area (TPSA) is 43.4 Å². The van der Waals surface area contributed by atoms with E-state index < -0.39 is 0 Å². The van der Waals surface area contributed by atoms with E-state index in [9.17, 15) is 9.59 Å². The third kappa shape index (κ3) is 8.26. The Balaban J connectivity index is 3.43. The zero-order chi connectivity index (χ0) is 8.36. The van der Waals surface area contributed by atoms with Crippen molar-refractivity contribution in [2.75, 3.05) is 6.61 Å². The van der Waals surface area contributed by atoms with Gasteiger partial charge in [-0.3, -0.25) is 0 Å². The van der Waals surface area contributed by atoms with Crippen LogP contribution in [0.5, 0.6) is 0 Å². The van der Waals surface area contributed by atoms with E-state index in [2.05, 4.69) is 11.5 Å². The van der Waals surface area contributed by atoms with Gasteiger partial charge in [-0.05, 0) is 11.8 Å². The highest BCUT2D eigenvalue weighted by Crippen LogP contribution is 1.82. The Morgan fingerprint density at radius 2 is 1.91 bits per heavy atom. The molecule has 0 bridgehead atoms. The van der Waals surface area contributed by atoms with Crippen LogP contribution < -0.4 is 0 Å². The molecular weight excluding hydrogens is 144 g/mol. The maximum atomic E-state index is 9.56. The van der Waals surface area contributed by atoms with Crippen molar-refractivity contribution in [3.63, 3.8) is 0 Å². The van der Waals surface area contributed by atoms with Gasteiger partial charge in [0.1, 0.15) is 6.26 Å². The molecule has 0 atom stereocenters. The van der Waals surface area contributed by atoms with Crippen LogP contribution in [0.15, 0.2) is 23.8 Å². The van der Waals surface area contributed by atoms with Crippen molar-refractivity contribution in [1.82, 2.24) is 0 Å². The van der Waals surface area contributed by atoms with Crippen LogP contribution in [0, 0.1) is 0 Å². The smallest absolute Gasteiger partial charge is 0.180 e. The number of hydrogen-bond donors (Lipinski definition) is 0. The van der Waals surface area contributed by atoms with Crippen LogP contribution >= 0.6 is 0 Å². The molecule has 0 rings (SSSR count). The van der Waals surface area contributed by atoms with Crippen LogP contribution in [0.1, 0.15) is 6.42 Å². The first-order valence-corrected chi connectivity index (χ1v) is 2.92. The maximum absolute atomic E-state index is 9.56. The quantitative estimate of drug-likeness (QED) is 0.253. The lowest BCUT2D eigenvalue weighted by Crippen LogP contribution is -1.82. The molecule has 0 aliphatic carbocycles. The van der Waals surface area contributed by atoms with Crippen LogP contribution in [0.25, 0.3) is 0 Å². The van der Waals surface area contributed by atoms with Crippen LogP contribution in [0.4, 0.5) is 0 Å². The molecule has 0 aromatic carbocycles. The van der Waals surface area contributed by atoms with Gasteiger partial charge in [-0.25, -0.2) is 9.59 Å². The number of hydrogen-bond acceptors (Lipinski definition) is 3. The number of ether oxygens (including phenoxy) is 1. The second kappa shape index (κ2) is 8.26. The predicted molar refractivity (Wildman–Crippen MR) is 38.1 cm³/mol. The molecule has 11 heavy (non-hydrogen) atoms. The predicted octanol–water partition coefficient (Wildman–Crippen LogP) is 0.436. The summed E-state index contributed by atoms with van der Waals surface area (Å²) in [4.78, 5) is 19.1. The van der Waals surface area contributed by atoms with E-state index >= 15 is 0 Å². The third-order valence-corrected chi connectivity index (χ3v) is 0.742. The molecule has 0 unspecified atom stereocenters. The summed E-state index contributed by atoms with van der Waals surface area (Å²) in [6.45, 7) is 0.378. The third-order valence-electron chi connectivity index (χ3n) is 0.742. The summed E-state index contributed by atoms with van der Waals surface area (Å²) in [6.07, 6.45) is 3.16. The molecule has 0 saturated heterocycles. The van der Waals surface area contributed by atoms with Gasteiger partial charge in [0, 0.05) is 12.2 Å². The van der Waals surface area contributed by atoms with E-state index in [4.69, 9.17) is 4.74 Å². The van der Waals surface area contributed by atoms with Crippen LogP contribution in [-0.2, 0) is 14.3 Å². The average molecular weight is 150 g/mol. The van der Waals surface area contributed by atoms with E-state index in [-0.39, 0.29) is 0 Å². The second-order valence-corrected chi connectivity index (χ2v) is 1.47. The summed E-state index contributed by atoms with van der Waals surface area (Å²) in [5.41, 5.74) is 4.29. The highest BCUT2D eigenvalue weighted by atomic mass is 16.5. The zero-order valence-corrected chi connectivity index (χ0v) is 5.79. The molecule has 0 aromatic rings. The monoisotopic (exact) mass is 150 g/mol. The first-order chi connectivity index (χ1) is 5.41. The summed E-state index contributed by atoms with van der Waals surface area (Å²) in [5.74, 6) is 2.87. The highest BCUT2D eigenvalue weighted by Gasteiger charge is 1.75. The van der Waals surface area contributed by atoms with Gasteiger partial charge in [-0.1, -0.05) is 0 Å². The lowest BCUT2D eigenvalue weighted by Gasteiger charge is -1.90. The minimum absolute atomic E-state index is 0.378. The first-order valence-electron chi connectivity index (χ1n) is 2.92. The van der Waals surface area contributed by atoms with Crippen LogP contribution in [0.2, 0.25) is 0 Å². The largest absolute Gasteiger partial charge is 0.492 e. The molecule has 0 N–H and O–H groups in total. The Morgan fingerprint density at radius 1 is 1.18 bits per heavy atom. The first kappa shape index (κ1) is 9.26. The Bertz CT molecular complexity index is 227. The standard InChI is InChI=1S/C8H6O3/c9-5-2-1-3-7-11-8-4-6-10/h1,8H,3,7H2. The van der Waals surface area contributed by atoms with Gasteiger partial charge < -0.3 is 4.74 Å². The fourth-order valence-corrected chi connectivity index (χ4v) is 0.365. The Labute approximate surface area is 64.0 Å². The van der Waals surface area contributed by atoms with E-state index in [0.717, 1.165) is 6.26 Å². The lowest BCUT2D eigenvalue weighted by atomic mass is 10.4. The van der Waals surface area contributed by atoms with Gasteiger partial charge in [0.05, 0.1) is 6.61 Å². The summed E-state index contributed by atoms with van der Waals surface area (Å²) < 4.78 is 4.72. The fourth-order valence-electron chi connectivity index (χ4n) is 0.365. The van der Waals surface area contributed by atoms with Gasteiger partial charge in [0.15, 0.2) is 11.9 Å². The molecule has 0 aliphatic heterocycles. The van der Waals surface area contributed by atoms with E-state index in [1.807, 2.05) is 0 Å². The van der Waals surface area contributed by atoms with Crippen molar-refractivity contribution < 1.29 is 14.3 Å². The van der Waals surface area contributed by atoms with Crippen molar-refractivity contribution in [2.24, 2.45) is 0 Å². The molecule has 3 nitrogen and oxygen atoms in total. The normalized spacial score (nSPS) is 6.18. The Hall–Kier alpha value is -1.74. The summed E-state index contributed by atoms with van der Waals surface area (Å²) in [6, 6.07) is 0. The van der Waals surface area contributed by atoms with E-state index in [1.165, 1.54) is 18.0 Å². The zero-order valence-electron chi connectivity index (χ0n) is 5.79. The summed E-state index contributed by atoms with van der Waals surface area (Å²) in [5, 5.41) is 0. The molecule has 0 aromatic heterocycles. The molecule has 0 heterocycles. The van der Waals surface area contributed by atoms with Crippen molar-refractivity contribution in [1.29, 1.82) is 0 Å². The molecule has 3 heteroatoms. The molecule has 0 fully saturated rings. The molecule has 0 spiro atoms. The van der Waals surface area contributed by atoms with Gasteiger partial charge in [-0.15, -0.1) is 0 Å².